The Balaban J connectivity index is 2.16. The number of ether oxygens (including phenoxy) is 1. The van der Waals surface area contributed by atoms with E-state index >= 15 is 0 Å². The van der Waals surface area contributed by atoms with E-state index in [1.54, 1.807) is 0 Å². The topological polar surface area (TPSA) is 38.3 Å². The number of rotatable bonds is 6. The van der Waals surface area contributed by atoms with Gasteiger partial charge in [-0.15, -0.1) is 0 Å². The molecule has 0 saturated heterocycles. The molecule has 0 aromatic rings. The SMILES string of the molecule is CCC1(CNCCC(=O)OC(C)(C)C)CCCC1. The van der Waals surface area contributed by atoms with Crippen molar-refractivity contribution in [3.63, 3.8) is 0 Å². The first-order valence-electron chi connectivity index (χ1n) is 7.29. The lowest BCUT2D eigenvalue weighted by molar-refractivity contribution is -0.154. The smallest absolute Gasteiger partial charge is 0.307 e. The van der Waals surface area contributed by atoms with Crippen LogP contribution in [0.25, 0.3) is 0 Å². The zero-order valence-electron chi connectivity index (χ0n) is 12.5. The molecule has 106 valence electrons. The van der Waals surface area contributed by atoms with Gasteiger partial charge in [0.15, 0.2) is 0 Å². The largest absolute Gasteiger partial charge is 0.460 e. The zero-order valence-corrected chi connectivity index (χ0v) is 12.5. The molecule has 0 aliphatic heterocycles. The molecule has 0 heterocycles. The van der Waals surface area contributed by atoms with Crippen molar-refractivity contribution >= 4 is 5.97 Å². The van der Waals surface area contributed by atoms with Crippen LogP contribution in [0.4, 0.5) is 0 Å². The van der Waals surface area contributed by atoms with Crippen LogP contribution in [0, 0.1) is 5.41 Å². The van der Waals surface area contributed by atoms with E-state index in [0.717, 1.165) is 13.1 Å². The van der Waals surface area contributed by atoms with Crippen LogP contribution in [0.3, 0.4) is 0 Å². The van der Waals surface area contributed by atoms with Crippen LogP contribution in [0.5, 0.6) is 0 Å². The highest BCUT2D eigenvalue weighted by Crippen LogP contribution is 2.40. The summed E-state index contributed by atoms with van der Waals surface area (Å²) in [6.45, 7) is 9.78. The van der Waals surface area contributed by atoms with E-state index in [-0.39, 0.29) is 11.6 Å². The van der Waals surface area contributed by atoms with Crippen molar-refractivity contribution in [2.24, 2.45) is 5.41 Å². The minimum Gasteiger partial charge on any atom is -0.460 e. The Morgan fingerprint density at radius 3 is 2.39 bits per heavy atom. The van der Waals surface area contributed by atoms with E-state index in [0.29, 0.717) is 11.8 Å². The van der Waals surface area contributed by atoms with Gasteiger partial charge >= 0.3 is 5.97 Å². The zero-order chi connectivity index (χ0) is 13.6. The van der Waals surface area contributed by atoms with Gasteiger partial charge in [-0.25, -0.2) is 0 Å². The fourth-order valence-corrected chi connectivity index (χ4v) is 2.72. The second-order valence-corrected chi connectivity index (χ2v) is 6.57. The predicted octanol–water partition coefficient (Wildman–Crippen LogP) is 3.28. The van der Waals surface area contributed by atoms with E-state index < -0.39 is 0 Å². The van der Waals surface area contributed by atoms with Crippen molar-refractivity contribution < 1.29 is 9.53 Å². The number of hydrogen-bond acceptors (Lipinski definition) is 3. The highest BCUT2D eigenvalue weighted by molar-refractivity contribution is 5.70. The molecular weight excluding hydrogens is 226 g/mol. The molecule has 1 aliphatic rings. The van der Waals surface area contributed by atoms with Gasteiger partial charge < -0.3 is 10.1 Å². The molecular formula is C15H29NO2. The van der Waals surface area contributed by atoms with E-state index in [1.165, 1.54) is 32.1 Å². The molecule has 0 spiro atoms. The summed E-state index contributed by atoms with van der Waals surface area (Å²) >= 11 is 0. The van der Waals surface area contributed by atoms with Crippen LogP contribution < -0.4 is 5.32 Å². The lowest BCUT2D eigenvalue weighted by Crippen LogP contribution is -2.33. The van der Waals surface area contributed by atoms with Gasteiger partial charge in [0.25, 0.3) is 0 Å². The number of hydrogen-bond donors (Lipinski definition) is 1. The summed E-state index contributed by atoms with van der Waals surface area (Å²) in [5, 5.41) is 3.43. The molecule has 0 atom stereocenters. The van der Waals surface area contributed by atoms with Crippen molar-refractivity contribution in [1.82, 2.24) is 5.32 Å². The Labute approximate surface area is 112 Å². The number of nitrogens with one attached hydrogen (secondary N) is 1. The molecule has 1 N–H and O–H groups in total. The minimum atomic E-state index is -0.368. The third-order valence-corrected chi connectivity index (χ3v) is 3.84. The van der Waals surface area contributed by atoms with E-state index in [4.69, 9.17) is 4.74 Å². The van der Waals surface area contributed by atoms with Gasteiger partial charge in [-0.1, -0.05) is 19.8 Å². The molecule has 1 aliphatic carbocycles. The first kappa shape index (κ1) is 15.5. The third kappa shape index (κ3) is 5.38. The van der Waals surface area contributed by atoms with Gasteiger partial charge in [0.05, 0.1) is 6.42 Å². The van der Waals surface area contributed by atoms with Gasteiger partial charge in [0, 0.05) is 13.1 Å². The van der Waals surface area contributed by atoms with Crippen molar-refractivity contribution in [2.75, 3.05) is 13.1 Å². The number of carbonyl (C=O) groups is 1. The molecule has 0 radical (unpaired) electrons. The summed E-state index contributed by atoms with van der Waals surface area (Å²) in [6.07, 6.45) is 7.11. The molecule has 0 unspecified atom stereocenters. The molecule has 0 aromatic carbocycles. The van der Waals surface area contributed by atoms with Crippen LogP contribution in [-0.2, 0) is 9.53 Å². The summed E-state index contributed by atoms with van der Waals surface area (Å²) in [5.41, 5.74) is 0.126. The van der Waals surface area contributed by atoms with Gasteiger partial charge in [0.1, 0.15) is 5.60 Å². The summed E-state index contributed by atoms with van der Waals surface area (Å²) < 4.78 is 5.28. The van der Waals surface area contributed by atoms with E-state index in [9.17, 15) is 4.79 Å². The normalized spacial score (nSPS) is 18.9. The minimum absolute atomic E-state index is 0.105. The summed E-state index contributed by atoms with van der Waals surface area (Å²) in [4.78, 5) is 11.5. The molecule has 0 amide bonds. The number of carbonyl (C=O) groups excluding carboxylic acids is 1. The molecule has 0 bridgehead atoms. The number of esters is 1. The Kier molecular flexibility index (Phi) is 5.64. The summed E-state index contributed by atoms with van der Waals surface area (Å²) in [6, 6.07) is 0. The second kappa shape index (κ2) is 6.55. The maximum absolute atomic E-state index is 11.5. The Morgan fingerprint density at radius 1 is 1.28 bits per heavy atom. The van der Waals surface area contributed by atoms with E-state index in [2.05, 4.69) is 12.2 Å². The van der Waals surface area contributed by atoms with Gasteiger partial charge in [-0.05, 0) is 45.4 Å². The van der Waals surface area contributed by atoms with Gasteiger partial charge in [-0.3, -0.25) is 4.79 Å². The monoisotopic (exact) mass is 255 g/mol. The maximum Gasteiger partial charge on any atom is 0.307 e. The molecule has 1 rings (SSSR count). The second-order valence-electron chi connectivity index (χ2n) is 6.57. The fourth-order valence-electron chi connectivity index (χ4n) is 2.72. The lowest BCUT2D eigenvalue weighted by atomic mass is 9.83. The molecule has 18 heavy (non-hydrogen) atoms. The van der Waals surface area contributed by atoms with Crippen molar-refractivity contribution in [3.8, 4) is 0 Å². The quantitative estimate of drug-likeness (QED) is 0.585. The molecule has 0 aromatic heterocycles. The average Bonchev–Trinajstić information content (AvgIpc) is 2.71. The van der Waals surface area contributed by atoms with Crippen molar-refractivity contribution in [1.29, 1.82) is 0 Å². The first-order valence-corrected chi connectivity index (χ1v) is 7.29. The van der Waals surface area contributed by atoms with E-state index in [1.807, 2.05) is 20.8 Å². The van der Waals surface area contributed by atoms with Gasteiger partial charge in [-0.2, -0.15) is 0 Å². The first-order chi connectivity index (χ1) is 8.37. The molecule has 3 nitrogen and oxygen atoms in total. The average molecular weight is 255 g/mol. The van der Waals surface area contributed by atoms with Crippen LogP contribution in [0.15, 0.2) is 0 Å². The highest BCUT2D eigenvalue weighted by atomic mass is 16.6. The maximum atomic E-state index is 11.5. The summed E-state index contributed by atoms with van der Waals surface area (Å²) in [7, 11) is 0. The third-order valence-electron chi connectivity index (χ3n) is 3.84. The van der Waals surface area contributed by atoms with Gasteiger partial charge in [0.2, 0.25) is 0 Å². The Morgan fingerprint density at radius 2 is 1.89 bits per heavy atom. The van der Waals surface area contributed by atoms with Crippen LogP contribution in [0.1, 0.15) is 66.2 Å². The summed E-state index contributed by atoms with van der Waals surface area (Å²) in [5.74, 6) is -0.105. The molecule has 1 fully saturated rings. The van der Waals surface area contributed by atoms with Crippen molar-refractivity contribution in [3.05, 3.63) is 0 Å². The lowest BCUT2D eigenvalue weighted by Gasteiger charge is -2.28. The highest BCUT2D eigenvalue weighted by Gasteiger charge is 2.31. The van der Waals surface area contributed by atoms with Crippen LogP contribution in [0.2, 0.25) is 0 Å². The molecule has 1 saturated carbocycles. The fraction of sp³-hybridized carbons (Fsp3) is 0.933. The Bertz CT molecular complexity index is 262. The van der Waals surface area contributed by atoms with Crippen LogP contribution in [-0.4, -0.2) is 24.7 Å². The van der Waals surface area contributed by atoms with Crippen LogP contribution >= 0.6 is 0 Å². The Hall–Kier alpha value is -0.570. The molecule has 3 heteroatoms. The predicted molar refractivity (Wildman–Crippen MR) is 74.5 cm³/mol. The standard InChI is InChI=1S/C15H29NO2/c1-5-15(9-6-7-10-15)12-16-11-8-13(17)18-14(2,3)4/h16H,5-12H2,1-4H3. The van der Waals surface area contributed by atoms with Crippen molar-refractivity contribution in [2.45, 2.75) is 71.8 Å².